The molecule has 1 aliphatic heterocycles. The number of carbonyl (C=O) groups excluding carboxylic acids is 2. The van der Waals surface area contributed by atoms with Crippen molar-refractivity contribution in [3.05, 3.63) is 59.7 Å². The molecule has 2 aromatic rings. The van der Waals surface area contributed by atoms with E-state index in [4.69, 9.17) is 9.47 Å². The molecule has 0 spiro atoms. The number of hydrogen-bond acceptors (Lipinski definition) is 5. The number of likely N-dealkylation sites (tertiary alicyclic amines) is 1. The molecule has 37 heavy (non-hydrogen) atoms. The van der Waals surface area contributed by atoms with Crippen molar-refractivity contribution in [2.75, 3.05) is 19.7 Å². The van der Waals surface area contributed by atoms with Crippen molar-refractivity contribution in [2.45, 2.75) is 51.2 Å². The van der Waals surface area contributed by atoms with Crippen LogP contribution in [0.4, 0.5) is 9.59 Å². The Morgan fingerprint density at radius 1 is 0.946 bits per heavy atom. The summed E-state index contributed by atoms with van der Waals surface area (Å²) in [5.74, 6) is -1.75. The molecule has 8 heteroatoms. The van der Waals surface area contributed by atoms with E-state index in [2.05, 4.69) is 29.6 Å². The molecule has 2 unspecified atom stereocenters. The van der Waals surface area contributed by atoms with E-state index in [9.17, 15) is 19.5 Å². The van der Waals surface area contributed by atoms with Crippen LogP contribution in [0.5, 0.6) is 0 Å². The highest BCUT2D eigenvalue weighted by molar-refractivity contribution is 5.79. The fourth-order valence-corrected chi connectivity index (χ4v) is 6.21. The molecule has 1 saturated heterocycles. The minimum Gasteiger partial charge on any atom is -0.481 e. The van der Waals surface area contributed by atoms with E-state index in [0.717, 1.165) is 22.3 Å². The second-order valence-corrected chi connectivity index (χ2v) is 11.4. The monoisotopic (exact) mass is 506 g/mol. The molecule has 196 valence electrons. The van der Waals surface area contributed by atoms with Gasteiger partial charge in [0, 0.05) is 25.0 Å². The maximum absolute atomic E-state index is 13.0. The summed E-state index contributed by atoms with van der Waals surface area (Å²) in [6.07, 6.45) is -0.143. The van der Waals surface area contributed by atoms with Gasteiger partial charge in [-0.2, -0.15) is 0 Å². The van der Waals surface area contributed by atoms with E-state index in [1.165, 1.54) is 0 Å². The molecule has 2 atom stereocenters. The highest BCUT2D eigenvalue weighted by Crippen LogP contribution is 2.44. The molecule has 1 saturated carbocycles. The summed E-state index contributed by atoms with van der Waals surface area (Å²) in [4.78, 5) is 39.1. The third kappa shape index (κ3) is 5.15. The van der Waals surface area contributed by atoms with Gasteiger partial charge in [-0.1, -0.05) is 48.5 Å². The number of carboxylic acids is 1. The molecule has 2 amide bonds. The Bertz CT molecular complexity index is 1140. The summed E-state index contributed by atoms with van der Waals surface area (Å²) in [5, 5.41) is 12.7. The Hall–Kier alpha value is -3.55. The predicted octanol–water partition coefficient (Wildman–Crippen LogP) is 4.87. The van der Waals surface area contributed by atoms with Crippen LogP contribution in [0.1, 0.15) is 50.7 Å². The molecule has 3 aliphatic rings. The van der Waals surface area contributed by atoms with E-state index < -0.39 is 29.7 Å². The Labute approximate surface area is 216 Å². The predicted molar refractivity (Wildman–Crippen MR) is 137 cm³/mol. The number of alkyl carbamates (subject to hydrolysis) is 1. The zero-order valence-corrected chi connectivity index (χ0v) is 21.5. The zero-order chi connectivity index (χ0) is 26.3. The second kappa shape index (κ2) is 9.72. The number of fused-ring (bicyclic) bond motifs is 5. The second-order valence-electron chi connectivity index (χ2n) is 11.4. The maximum Gasteiger partial charge on any atom is 0.410 e. The van der Waals surface area contributed by atoms with Gasteiger partial charge in [-0.15, -0.1) is 0 Å². The number of carbonyl (C=O) groups is 3. The van der Waals surface area contributed by atoms with Gasteiger partial charge in [-0.3, -0.25) is 4.79 Å². The summed E-state index contributed by atoms with van der Waals surface area (Å²) in [6, 6.07) is 16.1. The molecular weight excluding hydrogens is 472 g/mol. The number of aliphatic carboxylic acids is 1. The third-order valence-electron chi connectivity index (χ3n) is 7.73. The highest BCUT2D eigenvalue weighted by atomic mass is 16.6. The molecule has 0 aromatic heterocycles. The standard InChI is InChI=1S/C29H34N2O6/c1-29(2,3)37-28(35)31-14-18-12-17(26(32)33)13-19(15-31)25(18)30-27(34)36-16-24-22-10-6-4-8-20(22)21-9-5-7-11-23(21)24/h4-11,17-19,24-25H,12-16H2,1-3H3,(H,30,34)(H,32,33). The number of nitrogens with zero attached hydrogens (tertiary/aromatic N) is 1. The molecule has 2 bridgehead atoms. The smallest absolute Gasteiger partial charge is 0.410 e. The lowest BCUT2D eigenvalue weighted by Crippen LogP contribution is -2.61. The van der Waals surface area contributed by atoms with Crippen LogP contribution in [0.2, 0.25) is 0 Å². The average Bonchev–Trinajstić information content (AvgIpc) is 3.15. The lowest BCUT2D eigenvalue weighted by molar-refractivity contribution is -0.145. The minimum atomic E-state index is -0.833. The first-order valence-electron chi connectivity index (χ1n) is 12.9. The number of piperidine rings is 1. The summed E-state index contributed by atoms with van der Waals surface area (Å²) >= 11 is 0. The number of amides is 2. The highest BCUT2D eigenvalue weighted by Gasteiger charge is 2.47. The normalized spacial score (nSPS) is 24.6. The number of hydrogen-bond donors (Lipinski definition) is 2. The quantitative estimate of drug-likeness (QED) is 0.613. The van der Waals surface area contributed by atoms with Crippen LogP contribution < -0.4 is 5.32 Å². The van der Waals surface area contributed by atoms with Crippen LogP contribution in [0, 0.1) is 17.8 Å². The molecule has 1 heterocycles. The SMILES string of the molecule is CC(C)(C)OC(=O)N1CC2CC(C(=O)O)CC(C1)C2NC(=O)OCC1c2ccccc2-c2ccccc21. The van der Waals surface area contributed by atoms with Crippen LogP contribution in [0.15, 0.2) is 48.5 Å². The van der Waals surface area contributed by atoms with Crippen molar-refractivity contribution in [3.8, 4) is 11.1 Å². The van der Waals surface area contributed by atoms with Crippen LogP contribution in [-0.2, 0) is 14.3 Å². The van der Waals surface area contributed by atoms with Gasteiger partial charge >= 0.3 is 18.2 Å². The number of carboxylic acid groups (broad SMARTS) is 1. The first-order chi connectivity index (χ1) is 17.6. The average molecular weight is 507 g/mol. The Kier molecular flexibility index (Phi) is 6.60. The lowest BCUT2D eigenvalue weighted by atomic mass is 9.69. The van der Waals surface area contributed by atoms with E-state index in [1.807, 2.05) is 45.0 Å². The minimum absolute atomic E-state index is 0.0388. The van der Waals surface area contributed by atoms with Crippen LogP contribution in [-0.4, -0.2) is 59.5 Å². The lowest BCUT2D eigenvalue weighted by Gasteiger charge is -2.48. The van der Waals surface area contributed by atoms with Gasteiger partial charge in [-0.25, -0.2) is 9.59 Å². The van der Waals surface area contributed by atoms with Crippen molar-refractivity contribution in [2.24, 2.45) is 17.8 Å². The number of rotatable bonds is 4. The maximum atomic E-state index is 13.0. The Balaban J connectivity index is 1.26. The van der Waals surface area contributed by atoms with Gasteiger partial charge < -0.3 is 24.8 Å². The van der Waals surface area contributed by atoms with Gasteiger partial charge in [0.25, 0.3) is 0 Å². The van der Waals surface area contributed by atoms with Gasteiger partial charge in [-0.05, 0) is 67.7 Å². The summed E-state index contributed by atoms with van der Waals surface area (Å²) in [5.41, 5.74) is 3.99. The van der Waals surface area contributed by atoms with Gasteiger partial charge in [0.2, 0.25) is 0 Å². The fourth-order valence-electron chi connectivity index (χ4n) is 6.21. The number of benzene rings is 2. The van der Waals surface area contributed by atoms with Gasteiger partial charge in [0.15, 0.2) is 0 Å². The van der Waals surface area contributed by atoms with Crippen molar-refractivity contribution < 1.29 is 29.0 Å². The summed E-state index contributed by atoms with van der Waals surface area (Å²) in [6.45, 7) is 6.34. The van der Waals surface area contributed by atoms with Gasteiger partial charge in [0.1, 0.15) is 12.2 Å². The topological polar surface area (TPSA) is 105 Å². The molecule has 2 aromatic carbocycles. The molecule has 2 N–H and O–H groups in total. The Morgan fingerprint density at radius 3 is 2.00 bits per heavy atom. The molecule has 2 fully saturated rings. The van der Waals surface area contributed by atoms with Crippen molar-refractivity contribution in [1.82, 2.24) is 10.2 Å². The third-order valence-corrected chi connectivity index (χ3v) is 7.73. The molecule has 5 rings (SSSR count). The molecular formula is C29H34N2O6. The number of ether oxygens (including phenoxy) is 2. The Morgan fingerprint density at radius 2 is 1.49 bits per heavy atom. The molecule has 8 nitrogen and oxygen atoms in total. The first-order valence-corrected chi connectivity index (χ1v) is 12.9. The van der Waals surface area contributed by atoms with Crippen LogP contribution in [0.25, 0.3) is 11.1 Å². The van der Waals surface area contributed by atoms with Crippen LogP contribution >= 0.6 is 0 Å². The van der Waals surface area contributed by atoms with E-state index in [0.29, 0.717) is 25.9 Å². The van der Waals surface area contributed by atoms with Gasteiger partial charge in [0.05, 0.1) is 5.92 Å². The fraction of sp³-hybridized carbons (Fsp3) is 0.483. The van der Waals surface area contributed by atoms with E-state index in [-0.39, 0.29) is 30.4 Å². The van der Waals surface area contributed by atoms with Crippen LogP contribution in [0.3, 0.4) is 0 Å². The number of nitrogens with one attached hydrogen (secondary N) is 1. The first kappa shape index (κ1) is 25.1. The molecule has 0 radical (unpaired) electrons. The van der Waals surface area contributed by atoms with E-state index >= 15 is 0 Å². The van der Waals surface area contributed by atoms with Crippen molar-refractivity contribution >= 4 is 18.2 Å². The molecule has 2 aliphatic carbocycles. The van der Waals surface area contributed by atoms with E-state index in [1.54, 1.807) is 4.90 Å². The van der Waals surface area contributed by atoms with Crippen molar-refractivity contribution in [3.63, 3.8) is 0 Å². The summed E-state index contributed by atoms with van der Waals surface area (Å²) < 4.78 is 11.3. The largest absolute Gasteiger partial charge is 0.481 e. The summed E-state index contributed by atoms with van der Waals surface area (Å²) in [7, 11) is 0. The van der Waals surface area contributed by atoms with Crippen molar-refractivity contribution in [1.29, 1.82) is 0 Å². The zero-order valence-electron chi connectivity index (χ0n) is 21.5.